The quantitative estimate of drug-likeness (QED) is 0.858. The Morgan fingerprint density at radius 1 is 1.44 bits per heavy atom. The van der Waals surface area contributed by atoms with E-state index in [1.807, 2.05) is 6.07 Å². The van der Waals surface area contributed by atoms with E-state index in [9.17, 15) is 4.39 Å². The van der Waals surface area contributed by atoms with Crippen LogP contribution in [0.4, 0.5) is 4.39 Å². The molecule has 1 aromatic heterocycles. The van der Waals surface area contributed by atoms with E-state index in [0.29, 0.717) is 11.1 Å². The van der Waals surface area contributed by atoms with Gasteiger partial charge in [0.05, 0.1) is 4.47 Å². The summed E-state index contributed by atoms with van der Waals surface area (Å²) < 4.78 is 14.3. The molecule has 0 atom stereocenters. The predicted molar refractivity (Wildman–Crippen MR) is 66.3 cm³/mol. The lowest BCUT2D eigenvalue weighted by molar-refractivity contribution is 0.625. The van der Waals surface area contributed by atoms with Crippen LogP contribution < -0.4 is 0 Å². The lowest BCUT2D eigenvalue weighted by atomic mass is 10.1. The second-order valence-electron chi connectivity index (χ2n) is 3.31. The van der Waals surface area contributed by atoms with E-state index in [-0.39, 0.29) is 5.82 Å². The Balaban J connectivity index is 2.27. The van der Waals surface area contributed by atoms with E-state index < -0.39 is 0 Å². The molecule has 0 saturated heterocycles. The molecule has 0 spiro atoms. The normalized spacial score (nSPS) is 10.4. The van der Waals surface area contributed by atoms with Gasteiger partial charge in [0.25, 0.3) is 0 Å². The van der Waals surface area contributed by atoms with E-state index in [0.717, 1.165) is 15.9 Å². The number of H-pyrrole nitrogens is 1. The maximum Gasteiger partial charge on any atom is 0.123 e. The summed E-state index contributed by atoms with van der Waals surface area (Å²) in [7, 11) is 0. The molecule has 1 heterocycles. The minimum absolute atomic E-state index is 0.242. The van der Waals surface area contributed by atoms with Crippen LogP contribution in [0, 0.1) is 10.5 Å². The molecule has 82 valence electrons. The third kappa shape index (κ3) is 2.74. The fourth-order valence-corrected chi connectivity index (χ4v) is 1.72. The van der Waals surface area contributed by atoms with Gasteiger partial charge < -0.3 is 4.98 Å². The summed E-state index contributed by atoms with van der Waals surface area (Å²) in [6.07, 6.45) is 2.18. The van der Waals surface area contributed by atoms with Crippen LogP contribution in [0.1, 0.15) is 11.4 Å². The number of benzene rings is 1. The van der Waals surface area contributed by atoms with Crippen LogP contribution in [0.25, 0.3) is 0 Å². The molecule has 0 bridgehead atoms. The molecule has 0 saturated carbocycles. The zero-order chi connectivity index (χ0) is 11.5. The molecule has 5 heteroatoms. The van der Waals surface area contributed by atoms with Gasteiger partial charge in [-0.15, -0.1) is 0 Å². The molecular weight excluding hydrogens is 291 g/mol. The monoisotopic (exact) mass is 298 g/mol. The largest absolute Gasteiger partial charge is 0.334 e. The van der Waals surface area contributed by atoms with Gasteiger partial charge in [-0.05, 0) is 33.6 Å². The molecule has 0 fully saturated rings. The van der Waals surface area contributed by atoms with Crippen molar-refractivity contribution in [1.29, 1.82) is 0 Å². The third-order valence-corrected chi connectivity index (χ3v) is 3.25. The van der Waals surface area contributed by atoms with Crippen LogP contribution >= 0.6 is 28.1 Å². The summed E-state index contributed by atoms with van der Waals surface area (Å²) in [5.74, 6) is 0.479. The van der Waals surface area contributed by atoms with Crippen molar-refractivity contribution in [3.63, 3.8) is 0 Å². The molecule has 0 aliphatic carbocycles. The third-order valence-electron chi connectivity index (χ3n) is 2.07. The fourth-order valence-electron chi connectivity index (χ4n) is 1.35. The number of aromatic amines is 1. The first-order valence-corrected chi connectivity index (χ1v) is 5.83. The molecule has 0 aliphatic rings. The molecular formula is C11H8BrFN2S. The maximum absolute atomic E-state index is 13.0. The van der Waals surface area contributed by atoms with Gasteiger partial charge in [-0.3, -0.25) is 0 Å². The SMILES string of the molecule is Fc1cccc(Cc2ncc(Br)c(=S)[nH]2)c1. The Morgan fingerprint density at radius 3 is 2.94 bits per heavy atom. The van der Waals surface area contributed by atoms with Crippen molar-refractivity contribution in [2.75, 3.05) is 0 Å². The average molecular weight is 299 g/mol. The fraction of sp³-hybridized carbons (Fsp3) is 0.0909. The standard InChI is InChI=1S/C11H8BrFN2S/c12-9-6-14-10(15-11(9)16)5-7-2-1-3-8(13)4-7/h1-4,6H,5H2,(H,14,15,16). The Morgan fingerprint density at radius 2 is 2.25 bits per heavy atom. The Bertz CT molecular complexity index is 568. The van der Waals surface area contributed by atoms with Crippen molar-refractivity contribution < 1.29 is 4.39 Å². The number of halogens is 2. The van der Waals surface area contributed by atoms with E-state index in [4.69, 9.17) is 12.2 Å². The number of rotatable bonds is 2. The van der Waals surface area contributed by atoms with E-state index in [1.165, 1.54) is 12.1 Å². The molecule has 1 N–H and O–H groups in total. The zero-order valence-electron chi connectivity index (χ0n) is 8.21. The van der Waals surface area contributed by atoms with Crippen molar-refractivity contribution in [3.8, 4) is 0 Å². The van der Waals surface area contributed by atoms with E-state index >= 15 is 0 Å². The second-order valence-corrected chi connectivity index (χ2v) is 4.58. The van der Waals surface area contributed by atoms with Crippen molar-refractivity contribution in [1.82, 2.24) is 9.97 Å². The van der Waals surface area contributed by atoms with Crippen LogP contribution in [0.5, 0.6) is 0 Å². The van der Waals surface area contributed by atoms with E-state index in [1.54, 1.807) is 12.3 Å². The molecule has 0 radical (unpaired) electrons. The smallest absolute Gasteiger partial charge is 0.123 e. The maximum atomic E-state index is 13.0. The second kappa shape index (κ2) is 4.84. The van der Waals surface area contributed by atoms with Crippen molar-refractivity contribution in [2.45, 2.75) is 6.42 Å². The van der Waals surface area contributed by atoms with E-state index in [2.05, 4.69) is 25.9 Å². The molecule has 2 nitrogen and oxygen atoms in total. The van der Waals surface area contributed by atoms with Crippen LogP contribution in [0.3, 0.4) is 0 Å². The van der Waals surface area contributed by atoms with Crippen molar-refractivity contribution >= 4 is 28.1 Å². The van der Waals surface area contributed by atoms with Crippen LogP contribution in [-0.2, 0) is 6.42 Å². The Kier molecular flexibility index (Phi) is 3.46. The van der Waals surface area contributed by atoms with Gasteiger partial charge in [0.15, 0.2) is 0 Å². The summed E-state index contributed by atoms with van der Waals surface area (Å²) in [6.45, 7) is 0. The molecule has 2 rings (SSSR count). The molecule has 16 heavy (non-hydrogen) atoms. The van der Waals surface area contributed by atoms with Crippen LogP contribution in [0.2, 0.25) is 0 Å². The van der Waals surface area contributed by atoms with Gasteiger partial charge in [-0.25, -0.2) is 9.37 Å². The topological polar surface area (TPSA) is 28.7 Å². The number of aromatic nitrogens is 2. The first-order chi connectivity index (χ1) is 7.65. The van der Waals surface area contributed by atoms with Crippen molar-refractivity contribution in [2.24, 2.45) is 0 Å². The Labute approximate surface area is 106 Å². The lowest BCUT2D eigenvalue weighted by Gasteiger charge is -2.02. The minimum Gasteiger partial charge on any atom is -0.334 e. The molecule has 1 aromatic carbocycles. The summed E-state index contributed by atoms with van der Waals surface area (Å²) in [6, 6.07) is 6.43. The molecule has 0 amide bonds. The molecule has 0 aliphatic heterocycles. The lowest BCUT2D eigenvalue weighted by Crippen LogP contribution is -1.97. The molecule has 0 unspecified atom stereocenters. The summed E-state index contributed by atoms with van der Waals surface area (Å²) in [5, 5.41) is 0. The molecule has 2 aromatic rings. The van der Waals surface area contributed by atoms with Gasteiger partial charge in [0, 0.05) is 12.6 Å². The number of hydrogen-bond acceptors (Lipinski definition) is 2. The first-order valence-electron chi connectivity index (χ1n) is 4.63. The highest BCUT2D eigenvalue weighted by atomic mass is 79.9. The van der Waals surface area contributed by atoms with Gasteiger partial charge in [0.2, 0.25) is 0 Å². The van der Waals surface area contributed by atoms with Gasteiger partial charge in [0.1, 0.15) is 16.3 Å². The Hall–Kier alpha value is -1.07. The summed E-state index contributed by atoms with van der Waals surface area (Å²) in [4.78, 5) is 7.15. The highest BCUT2D eigenvalue weighted by Gasteiger charge is 2.00. The number of nitrogens with one attached hydrogen (secondary N) is 1. The summed E-state index contributed by atoms with van der Waals surface area (Å²) >= 11 is 8.33. The number of hydrogen-bond donors (Lipinski definition) is 1. The number of nitrogens with zero attached hydrogens (tertiary/aromatic N) is 1. The van der Waals surface area contributed by atoms with Crippen molar-refractivity contribution in [3.05, 3.63) is 56.8 Å². The van der Waals surface area contributed by atoms with Gasteiger partial charge in [-0.1, -0.05) is 24.4 Å². The minimum atomic E-state index is -0.242. The highest BCUT2D eigenvalue weighted by molar-refractivity contribution is 9.10. The van der Waals surface area contributed by atoms with Crippen LogP contribution in [0.15, 0.2) is 34.9 Å². The van der Waals surface area contributed by atoms with Gasteiger partial charge in [-0.2, -0.15) is 0 Å². The predicted octanol–water partition coefficient (Wildman–Crippen LogP) is 3.63. The first kappa shape index (κ1) is 11.4. The highest BCUT2D eigenvalue weighted by Crippen LogP contribution is 2.11. The summed E-state index contributed by atoms with van der Waals surface area (Å²) in [5.41, 5.74) is 0.862. The van der Waals surface area contributed by atoms with Crippen LogP contribution in [-0.4, -0.2) is 9.97 Å². The zero-order valence-corrected chi connectivity index (χ0v) is 10.6. The average Bonchev–Trinajstić information content (AvgIpc) is 2.24. The van der Waals surface area contributed by atoms with Gasteiger partial charge >= 0.3 is 0 Å².